The lowest BCUT2D eigenvalue weighted by atomic mass is 10.1. The lowest BCUT2D eigenvalue weighted by molar-refractivity contribution is 0.127. The highest BCUT2D eigenvalue weighted by atomic mass is 32.1. The molecule has 22 heavy (non-hydrogen) atoms. The van der Waals surface area contributed by atoms with Crippen molar-refractivity contribution in [1.29, 1.82) is 0 Å². The molecular weight excluding hydrogens is 292 g/mol. The average molecular weight is 331 g/mol. The molecule has 0 aromatic rings. The van der Waals surface area contributed by atoms with Crippen molar-refractivity contribution in [2.24, 2.45) is 0 Å². The molecular formula is C19H38O2S. The Balaban J connectivity index is 3.04. The molecule has 0 saturated carbocycles. The molecule has 0 aromatic heterocycles. The Bertz CT molecular complexity index is 231. The molecule has 132 valence electrons. The van der Waals surface area contributed by atoms with Crippen molar-refractivity contribution >= 4 is 12.6 Å². The van der Waals surface area contributed by atoms with Crippen molar-refractivity contribution in [3.8, 4) is 0 Å². The second kappa shape index (κ2) is 18.9. The first-order chi connectivity index (χ1) is 10.8. The van der Waals surface area contributed by atoms with E-state index in [-0.39, 0.29) is 0 Å². The predicted octanol–water partition coefficient (Wildman–Crippen LogP) is 6.16. The van der Waals surface area contributed by atoms with Crippen LogP contribution in [0.25, 0.3) is 0 Å². The van der Waals surface area contributed by atoms with Crippen LogP contribution in [0.5, 0.6) is 0 Å². The van der Waals surface area contributed by atoms with Crippen LogP contribution in [-0.4, -0.2) is 25.1 Å². The van der Waals surface area contributed by atoms with Gasteiger partial charge in [-0.25, -0.2) is 0 Å². The molecule has 2 nitrogen and oxygen atoms in total. The minimum absolute atomic E-state index is 0.331. The van der Waals surface area contributed by atoms with Crippen LogP contribution in [0.2, 0.25) is 0 Å². The van der Waals surface area contributed by atoms with E-state index in [0.29, 0.717) is 5.25 Å². The lowest BCUT2D eigenvalue weighted by Crippen LogP contribution is -1.96. The molecule has 0 aliphatic heterocycles. The highest BCUT2D eigenvalue weighted by Crippen LogP contribution is 2.09. The highest BCUT2D eigenvalue weighted by molar-refractivity contribution is 7.81. The average Bonchev–Trinajstić information content (AvgIpc) is 2.54. The topological polar surface area (TPSA) is 18.5 Å². The molecule has 0 radical (unpaired) electrons. The predicted molar refractivity (Wildman–Crippen MR) is 101 cm³/mol. The summed E-state index contributed by atoms with van der Waals surface area (Å²) in [5.41, 5.74) is 0. The Morgan fingerprint density at radius 1 is 0.773 bits per heavy atom. The molecule has 1 atom stereocenters. The Hall–Kier alpha value is -0.150. The summed E-state index contributed by atoms with van der Waals surface area (Å²) in [5.74, 6) is 0. The highest BCUT2D eigenvalue weighted by Gasteiger charge is 1.94. The summed E-state index contributed by atoms with van der Waals surface area (Å²) in [5, 5.41) is 0.331. The van der Waals surface area contributed by atoms with E-state index in [4.69, 9.17) is 9.47 Å². The van der Waals surface area contributed by atoms with Crippen molar-refractivity contribution in [1.82, 2.24) is 0 Å². The summed E-state index contributed by atoms with van der Waals surface area (Å²) >= 11 is 4.38. The fourth-order valence-electron chi connectivity index (χ4n) is 2.15. The zero-order valence-electron chi connectivity index (χ0n) is 14.9. The van der Waals surface area contributed by atoms with Crippen molar-refractivity contribution in [2.75, 3.05) is 19.8 Å². The molecule has 0 aromatic carbocycles. The summed E-state index contributed by atoms with van der Waals surface area (Å²) in [6.45, 7) is 7.07. The van der Waals surface area contributed by atoms with Gasteiger partial charge in [-0.1, -0.05) is 58.8 Å². The van der Waals surface area contributed by atoms with Crippen LogP contribution < -0.4 is 0 Å². The van der Waals surface area contributed by atoms with Crippen LogP contribution in [0.4, 0.5) is 0 Å². The van der Waals surface area contributed by atoms with Gasteiger partial charge in [0, 0.05) is 18.5 Å². The third-order valence-electron chi connectivity index (χ3n) is 3.76. The molecule has 0 bridgehead atoms. The van der Waals surface area contributed by atoms with Gasteiger partial charge < -0.3 is 9.47 Å². The SMILES string of the molecule is CCCCOCCCCCCCCCCOC=CC(S)CC. The van der Waals surface area contributed by atoms with Gasteiger partial charge in [0.25, 0.3) is 0 Å². The largest absolute Gasteiger partial charge is 0.501 e. The Kier molecular flexibility index (Phi) is 18.8. The third kappa shape index (κ3) is 17.9. The van der Waals surface area contributed by atoms with Gasteiger partial charge >= 0.3 is 0 Å². The lowest BCUT2D eigenvalue weighted by Gasteiger charge is -2.04. The second-order valence-corrected chi connectivity index (χ2v) is 6.63. The first kappa shape index (κ1) is 21.9. The van der Waals surface area contributed by atoms with E-state index in [1.165, 1.54) is 64.2 Å². The number of ether oxygens (including phenoxy) is 2. The van der Waals surface area contributed by atoms with E-state index in [1.54, 1.807) is 0 Å². The maximum Gasteiger partial charge on any atom is 0.0873 e. The third-order valence-corrected chi connectivity index (χ3v) is 4.30. The number of hydrogen-bond donors (Lipinski definition) is 1. The quantitative estimate of drug-likeness (QED) is 0.195. The number of hydrogen-bond acceptors (Lipinski definition) is 3. The molecule has 3 heteroatoms. The van der Waals surface area contributed by atoms with E-state index in [2.05, 4.69) is 26.5 Å². The molecule has 0 saturated heterocycles. The number of thiol groups is 1. The molecule has 1 unspecified atom stereocenters. The van der Waals surface area contributed by atoms with E-state index in [9.17, 15) is 0 Å². The summed E-state index contributed by atoms with van der Waals surface area (Å²) < 4.78 is 11.0. The van der Waals surface area contributed by atoms with Gasteiger partial charge in [0.05, 0.1) is 12.9 Å². The fourth-order valence-corrected chi connectivity index (χ4v) is 2.22. The van der Waals surface area contributed by atoms with Crippen molar-refractivity contribution < 1.29 is 9.47 Å². The maximum atomic E-state index is 5.56. The minimum Gasteiger partial charge on any atom is -0.501 e. The Morgan fingerprint density at radius 2 is 1.32 bits per heavy atom. The second-order valence-electron chi connectivity index (χ2n) is 5.97. The minimum atomic E-state index is 0.331. The molecule has 0 spiro atoms. The first-order valence-electron chi connectivity index (χ1n) is 9.35. The van der Waals surface area contributed by atoms with Crippen molar-refractivity contribution in [3.63, 3.8) is 0 Å². The van der Waals surface area contributed by atoms with Gasteiger partial charge in [-0.05, 0) is 31.8 Å². The molecule has 0 heterocycles. The fraction of sp³-hybridized carbons (Fsp3) is 0.895. The molecule has 0 amide bonds. The van der Waals surface area contributed by atoms with Crippen LogP contribution in [0, 0.1) is 0 Å². The zero-order valence-corrected chi connectivity index (χ0v) is 15.8. The van der Waals surface area contributed by atoms with Crippen molar-refractivity contribution in [2.45, 2.75) is 89.7 Å². The van der Waals surface area contributed by atoms with Gasteiger partial charge in [-0.15, -0.1) is 0 Å². The smallest absolute Gasteiger partial charge is 0.0873 e. The van der Waals surface area contributed by atoms with Crippen LogP contribution in [0.15, 0.2) is 12.3 Å². The van der Waals surface area contributed by atoms with Crippen LogP contribution in [-0.2, 0) is 9.47 Å². The van der Waals surface area contributed by atoms with Crippen molar-refractivity contribution in [3.05, 3.63) is 12.3 Å². The zero-order chi connectivity index (χ0) is 16.3. The molecule has 0 aliphatic rings. The summed E-state index contributed by atoms with van der Waals surface area (Å²) in [4.78, 5) is 0. The van der Waals surface area contributed by atoms with Crippen LogP contribution >= 0.6 is 12.6 Å². The summed E-state index contributed by atoms with van der Waals surface area (Å²) in [6, 6.07) is 0. The van der Waals surface area contributed by atoms with E-state index in [0.717, 1.165) is 26.2 Å². The van der Waals surface area contributed by atoms with Gasteiger partial charge in [0.15, 0.2) is 0 Å². The van der Waals surface area contributed by atoms with Crippen LogP contribution in [0.1, 0.15) is 84.5 Å². The summed E-state index contributed by atoms with van der Waals surface area (Å²) in [6.07, 6.45) is 17.7. The number of rotatable bonds is 17. The standard InChI is InChI=1S/C19H38O2S/c1-3-5-15-20-16-12-10-8-6-7-9-11-13-17-21-18-14-19(22)4-2/h14,18-19,22H,3-13,15-17H2,1-2H3. The Labute approximate surface area is 144 Å². The van der Waals surface area contributed by atoms with Gasteiger partial charge in [-0.2, -0.15) is 12.6 Å². The van der Waals surface area contributed by atoms with Crippen LogP contribution in [0.3, 0.4) is 0 Å². The Morgan fingerprint density at radius 3 is 1.91 bits per heavy atom. The van der Waals surface area contributed by atoms with E-state index < -0.39 is 0 Å². The molecule has 0 N–H and O–H groups in total. The maximum absolute atomic E-state index is 5.56. The molecule has 0 aliphatic carbocycles. The van der Waals surface area contributed by atoms with Gasteiger partial charge in [0.2, 0.25) is 0 Å². The monoisotopic (exact) mass is 330 g/mol. The molecule has 0 fully saturated rings. The number of unbranched alkanes of at least 4 members (excludes halogenated alkanes) is 8. The summed E-state index contributed by atoms with van der Waals surface area (Å²) in [7, 11) is 0. The van der Waals surface area contributed by atoms with E-state index >= 15 is 0 Å². The van der Waals surface area contributed by atoms with Gasteiger partial charge in [0.1, 0.15) is 0 Å². The van der Waals surface area contributed by atoms with E-state index in [1.807, 2.05) is 12.3 Å². The molecule has 0 rings (SSSR count). The first-order valence-corrected chi connectivity index (χ1v) is 9.87. The van der Waals surface area contributed by atoms with Gasteiger partial charge in [-0.3, -0.25) is 0 Å². The normalized spacial score (nSPS) is 12.9.